The normalized spacial score (nSPS) is 9.40. The lowest BCUT2D eigenvalue weighted by Gasteiger charge is -1.95. The summed E-state index contributed by atoms with van der Waals surface area (Å²) in [4.78, 5) is 0. The van der Waals surface area contributed by atoms with Crippen LogP contribution in [0.1, 0.15) is 5.56 Å². The molecule has 0 saturated heterocycles. The number of halogens is 2. The Balaban J connectivity index is 3.07. The topological polar surface area (TPSA) is 0 Å². The second kappa shape index (κ2) is 3.09. The third-order valence-corrected chi connectivity index (χ3v) is 1.59. The summed E-state index contributed by atoms with van der Waals surface area (Å²) in [6.45, 7) is 3.57. The molecular weight excluding hydrogens is 167 g/mol. The van der Waals surface area contributed by atoms with Crippen molar-refractivity contribution in [3.8, 4) is 0 Å². The molecule has 0 aliphatic carbocycles. The molecule has 1 rings (SSSR count). The average molecular weight is 173 g/mol. The standard InChI is InChI=1S/C8H6Cl2/c1-6(9)7-3-2-4-8(10)5-7/h2-5H,1H2. The predicted molar refractivity (Wildman–Crippen MR) is 46.3 cm³/mol. The van der Waals surface area contributed by atoms with Crippen LogP contribution in [0.5, 0.6) is 0 Å². The summed E-state index contributed by atoms with van der Waals surface area (Å²) in [5.74, 6) is 0. The zero-order chi connectivity index (χ0) is 7.56. The maximum absolute atomic E-state index is 5.69. The van der Waals surface area contributed by atoms with E-state index in [0.29, 0.717) is 10.1 Å². The lowest BCUT2D eigenvalue weighted by atomic mass is 10.2. The monoisotopic (exact) mass is 172 g/mol. The van der Waals surface area contributed by atoms with Crippen LogP contribution in [-0.4, -0.2) is 0 Å². The Morgan fingerprint density at radius 3 is 2.50 bits per heavy atom. The molecule has 10 heavy (non-hydrogen) atoms. The van der Waals surface area contributed by atoms with Crippen molar-refractivity contribution in [2.45, 2.75) is 0 Å². The fraction of sp³-hybridized carbons (Fsp3) is 0. The summed E-state index contributed by atoms with van der Waals surface area (Å²) < 4.78 is 0. The molecule has 0 aromatic heterocycles. The Morgan fingerprint density at radius 2 is 2.10 bits per heavy atom. The summed E-state index contributed by atoms with van der Waals surface area (Å²) in [7, 11) is 0. The zero-order valence-electron chi connectivity index (χ0n) is 5.27. The molecule has 0 unspecified atom stereocenters. The highest BCUT2D eigenvalue weighted by Crippen LogP contribution is 2.19. The quantitative estimate of drug-likeness (QED) is 0.609. The van der Waals surface area contributed by atoms with Crippen LogP contribution in [0, 0.1) is 0 Å². The minimum atomic E-state index is 0.516. The van der Waals surface area contributed by atoms with E-state index in [2.05, 4.69) is 6.58 Å². The molecule has 52 valence electrons. The molecule has 0 amide bonds. The molecule has 0 atom stereocenters. The van der Waals surface area contributed by atoms with E-state index >= 15 is 0 Å². The summed E-state index contributed by atoms with van der Waals surface area (Å²) in [6.07, 6.45) is 0. The van der Waals surface area contributed by atoms with E-state index in [9.17, 15) is 0 Å². The van der Waals surface area contributed by atoms with Crippen LogP contribution in [0.15, 0.2) is 30.8 Å². The van der Waals surface area contributed by atoms with Gasteiger partial charge in [0.05, 0.1) is 0 Å². The summed E-state index contributed by atoms with van der Waals surface area (Å²) in [5.41, 5.74) is 0.870. The molecule has 0 aliphatic heterocycles. The number of hydrogen-bond donors (Lipinski definition) is 0. The van der Waals surface area contributed by atoms with Gasteiger partial charge in [0.25, 0.3) is 0 Å². The number of benzene rings is 1. The summed E-state index contributed by atoms with van der Waals surface area (Å²) in [6, 6.07) is 7.27. The van der Waals surface area contributed by atoms with Crippen LogP contribution < -0.4 is 0 Å². The number of rotatable bonds is 1. The van der Waals surface area contributed by atoms with Gasteiger partial charge in [-0.05, 0) is 17.7 Å². The molecule has 0 bridgehead atoms. The van der Waals surface area contributed by atoms with Gasteiger partial charge < -0.3 is 0 Å². The Kier molecular flexibility index (Phi) is 2.36. The van der Waals surface area contributed by atoms with Crippen molar-refractivity contribution in [3.05, 3.63) is 41.4 Å². The van der Waals surface area contributed by atoms with Crippen LogP contribution in [0.2, 0.25) is 5.02 Å². The first kappa shape index (κ1) is 7.64. The molecule has 1 aromatic carbocycles. The maximum atomic E-state index is 5.69. The van der Waals surface area contributed by atoms with Gasteiger partial charge in [0, 0.05) is 10.1 Å². The largest absolute Gasteiger partial charge is 0.0843 e. The van der Waals surface area contributed by atoms with E-state index in [0.717, 1.165) is 5.56 Å². The third kappa shape index (κ3) is 1.76. The highest BCUT2D eigenvalue weighted by atomic mass is 35.5. The van der Waals surface area contributed by atoms with Crippen LogP contribution in [0.3, 0.4) is 0 Å². The Hall–Kier alpha value is -0.460. The van der Waals surface area contributed by atoms with Crippen molar-refractivity contribution in [2.75, 3.05) is 0 Å². The van der Waals surface area contributed by atoms with Gasteiger partial charge in [-0.1, -0.05) is 41.9 Å². The minimum absolute atomic E-state index is 0.516. The van der Waals surface area contributed by atoms with E-state index in [1.54, 1.807) is 12.1 Å². The zero-order valence-corrected chi connectivity index (χ0v) is 6.78. The summed E-state index contributed by atoms with van der Waals surface area (Å²) in [5, 5.41) is 1.20. The van der Waals surface area contributed by atoms with Crippen LogP contribution in [0.4, 0.5) is 0 Å². The molecular formula is C8H6Cl2. The minimum Gasteiger partial charge on any atom is -0.0843 e. The Morgan fingerprint density at radius 1 is 1.40 bits per heavy atom. The second-order valence-electron chi connectivity index (χ2n) is 1.92. The maximum Gasteiger partial charge on any atom is 0.0412 e. The Labute approximate surface area is 70.1 Å². The van der Waals surface area contributed by atoms with Crippen LogP contribution in [0.25, 0.3) is 5.03 Å². The molecule has 0 saturated carbocycles. The van der Waals surface area contributed by atoms with E-state index in [4.69, 9.17) is 23.2 Å². The van der Waals surface area contributed by atoms with Gasteiger partial charge in [-0.2, -0.15) is 0 Å². The van der Waals surface area contributed by atoms with Gasteiger partial charge in [0.1, 0.15) is 0 Å². The first-order valence-electron chi connectivity index (χ1n) is 2.80. The first-order chi connectivity index (χ1) is 4.70. The molecule has 1 aromatic rings. The number of hydrogen-bond acceptors (Lipinski definition) is 0. The van der Waals surface area contributed by atoms with E-state index in [-0.39, 0.29) is 0 Å². The van der Waals surface area contributed by atoms with E-state index < -0.39 is 0 Å². The van der Waals surface area contributed by atoms with Gasteiger partial charge in [-0.25, -0.2) is 0 Å². The Bertz CT molecular complexity index is 253. The van der Waals surface area contributed by atoms with Gasteiger partial charge in [0.2, 0.25) is 0 Å². The second-order valence-corrected chi connectivity index (χ2v) is 2.81. The van der Waals surface area contributed by atoms with Crippen LogP contribution >= 0.6 is 23.2 Å². The average Bonchev–Trinajstić information content (AvgIpc) is 1.88. The van der Waals surface area contributed by atoms with Crippen LogP contribution in [-0.2, 0) is 0 Å². The molecule has 0 N–H and O–H groups in total. The van der Waals surface area contributed by atoms with Crippen molar-refractivity contribution in [1.29, 1.82) is 0 Å². The van der Waals surface area contributed by atoms with Crippen molar-refractivity contribution < 1.29 is 0 Å². The molecule has 0 aliphatic rings. The first-order valence-corrected chi connectivity index (χ1v) is 3.56. The van der Waals surface area contributed by atoms with E-state index in [1.807, 2.05) is 12.1 Å². The van der Waals surface area contributed by atoms with E-state index in [1.165, 1.54) is 0 Å². The molecule has 0 fully saturated rings. The molecule has 0 heterocycles. The van der Waals surface area contributed by atoms with Gasteiger partial charge in [-0.15, -0.1) is 0 Å². The molecule has 0 nitrogen and oxygen atoms in total. The fourth-order valence-electron chi connectivity index (χ4n) is 0.657. The third-order valence-electron chi connectivity index (χ3n) is 1.14. The molecule has 0 radical (unpaired) electrons. The lowest BCUT2D eigenvalue weighted by Crippen LogP contribution is -1.72. The smallest absolute Gasteiger partial charge is 0.0412 e. The molecule has 2 heteroatoms. The van der Waals surface area contributed by atoms with Crippen molar-refractivity contribution in [3.63, 3.8) is 0 Å². The van der Waals surface area contributed by atoms with Gasteiger partial charge in [0.15, 0.2) is 0 Å². The van der Waals surface area contributed by atoms with Crippen molar-refractivity contribution in [2.24, 2.45) is 0 Å². The van der Waals surface area contributed by atoms with Crippen molar-refractivity contribution >= 4 is 28.2 Å². The molecule has 0 spiro atoms. The summed E-state index contributed by atoms with van der Waals surface area (Å²) >= 11 is 11.3. The lowest BCUT2D eigenvalue weighted by molar-refractivity contribution is 1.65. The van der Waals surface area contributed by atoms with Crippen molar-refractivity contribution in [1.82, 2.24) is 0 Å². The van der Waals surface area contributed by atoms with Gasteiger partial charge >= 0.3 is 0 Å². The predicted octanol–water partition coefficient (Wildman–Crippen LogP) is 3.55. The highest BCUT2D eigenvalue weighted by Gasteiger charge is 1.93. The van der Waals surface area contributed by atoms with Gasteiger partial charge in [-0.3, -0.25) is 0 Å². The SMILES string of the molecule is C=C(Cl)c1cccc(Cl)c1. The fourth-order valence-corrected chi connectivity index (χ4v) is 0.965. The highest BCUT2D eigenvalue weighted by molar-refractivity contribution is 6.48.